The Morgan fingerprint density at radius 1 is 1.00 bits per heavy atom. The number of aryl methyl sites for hydroxylation is 1. The molecule has 0 aliphatic carbocycles. The first-order valence-electron chi connectivity index (χ1n) is 12.7. The van der Waals surface area contributed by atoms with Crippen LogP contribution in [-0.2, 0) is 17.8 Å². The van der Waals surface area contributed by atoms with Crippen molar-refractivity contribution in [2.45, 2.75) is 38.9 Å². The Labute approximate surface area is 217 Å². The standard InChI is InChI=1S/C29H34N4O2S/c1-21-8-10-24(11-9-21)28-25-13-17-36-26(25)12-14-32(28)20-27(34)31-15-16-33(22(2)19-31)29(35)30-18-23-6-4-3-5-7-23/h3-11,13,17,22,28H,12,14-16,18-20H2,1-2H3,(H,30,35)/t22-,28-/m0/s1. The number of carbonyl (C=O) groups is 2. The van der Waals surface area contributed by atoms with Gasteiger partial charge >= 0.3 is 6.03 Å². The van der Waals surface area contributed by atoms with Gasteiger partial charge in [0, 0.05) is 43.6 Å². The van der Waals surface area contributed by atoms with Crippen LogP contribution >= 0.6 is 11.3 Å². The number of benzene rings is 2. The summed E-state index contributed by atoms with van der Waals surface area (Å²) < 4.78 is 0. The second-order valence-corrected chi connectivity index (χ2v) is 10.9. The van der Waals surface area contributed by atoms with E-state index in [2.05, 4.69) is 52.9 Å². The molecular weight excluding hydrogens is 468 g/mol. The molecule has 1 N–H and O–H groups in total. The average molecular weight is 503 g/mol. The number of nitrogens with zero attached hydrogens (tertiary/aromatic N) is 3. The fraction of sp³-hybridized carbons (Fsp3) is 0.379. The molecule has 2 aromatic carbocycles. The molecule has 3 aromatic rings. The molecule has 2 atom stereocenters. The average Bonchev–Trinajstić information content (AvgIpc) is 3.37. The van der Waals surface area contributed by atoms with Crippen LogP contribution < -0.4 is 5.32 Å². The van der Waals surface area contributed by atoms with Crippen molar-refractivity contribution < 1.29 is 9.59 Å². The molecule has 1 aromatic heterocycles. The number of amides is 3. The summed E-state index contributed by atoms with van der Waals surface area (Å²) in [4.78, 5) is 33.8. The molecule has 5 rings (SSSR count). The van der Waals surface area contributed by atoms with E-state index in [4.69, 9.17) is 0 Å². The zero-order valence-electron chi connectivity index (χ0n) is 21.0. The van der Waals surface area contributed by atoms with Gasteiger partial charge in [0.1, 0.15) is 0 Å². The van der Waals surface area contributed by atoms with Crippen molar-refractivity contribution in [3.05, 3.63) is 93.2 Å². The summed E-state index contributed by atoms with van der Waals surface area (Å²) in [6.07, 6.45) is 0.981. The lowest BCUT2D eigenvalue weighted by molar-refractivity contribution is -0.135. The van der Waals surface area contributed by atoms with E-state index in [1.807, 2.05) is 58.4 Å². The van der Waals surface area contributed by atoms with Crippen LogP contribution in [0.15, 0.2) is 66.0 Å². The number of piperazine rings is 1. The number of hydrogen-bond donors (Lipinski definition) is 1. The Morgan fingerprint density at radius 2 is 1.78 bits per heavy atom. The first-order valence-corrected chi connectivity index (χ1v) is 13.6. The molecule has 0 bridgehead atoms. The summed E-state index contributed by atoms with van der Waals surface area (Å²) in [6, 6.07) is 20.8. The molecule has 3 heterocycles. The number of hydrogen-bond acceptors (Lipinski definition) is 4. The van der Waals surface area contributed by atoms with Gasteiger partial charge in [-0.25, -0.2) is 4.79 Å². The van der Waals surface area contributed by atoms with E-state index in [0.717, 1.165) is 18.5 Å². The minimum absolute atomic E-state index is 0.0313. The topological polar surface area (TPSA) is 55.9 Å². The van der Waals surface area contributed by atoms with Gasteiger partial charge in [-0.3, -0.25) is 9.69 Å². The van der Waals surface area contributed by atoms with Gasteiger partial charge < -0.3 is 15.1 Å². The van der Waals surface area contributed by atoms with Crippen molar-refractivity contribution in [3.63, 3.8) is 0 Å². The molecule has 36 heavy (non-hydrogen) atoms. The third-order valence-electron chi connectivity index (χ3n) is 7.32. The van der Waals surface area contributed by atoms with Crippen LogP contribution in [0.25, 0.3) is 0 Å². The van der Waals surface area contributed by atoms with Crippen LogP contribution in [-0.4, -0.2) is 65.4 Å². The van der Waals surface area contributed by atoms with Crippen molar-refractivity contribution in [2.24, 2.45) is 0 Å². The lowest BCUT2D eigenvalue weighted by Crippen LogP contribution is -2.58. The van der Waals surface area contributed by atoms with Crippen molar-refractivity contribution in [1.29, 1.82) is 0 Å². The van der Waals surface area contributed by atoms with Crippen LogP contribution in [0.4, 0.5) is 4.79 Å². The summed E-state index contributed by atoms with van der Waals surface area (Å²) in [6.45, 7) is 7.56. The summed E-state index contributed by atoms with van der Waals surface area (Å²) in [7, 11) is 0. The van der Waals surface area contributed by atoms with E-state index in [0.29, 0.717) is 32.7 Å². The van der Waals surface area contributed by atoms with Crippen molar-refractivity contribution in [2.75, 3.05) is 32.7 Å². The fourth-order valence-electron chi connectivity index (χ4n) is 5.31. The highest BCUT2D eigenvalue weighted by atomic mass is 32.1. The Bertz CT molecular complexity index is 1190. The lowest BCUT2D eigenvalue weighted by Gasteiger charge is -2.41. The number of carbonyl (C=O) groups excluding carboxylic acids is 2. The number of thiophene rings is 1. The highest BCUT2D eigenvalue weighted by Crippen LogP contribution is 2.37. The SMILES string of the molecule is Cc1ccc([C@H]2c3ccsc3CCN2CC(=O)N2CCN(C(=O)NCc3ccccc3)[C@@H](C)C2)cc1. The summed E-state index contributed by atoms with van der Waals surface area (Å²) in [5.74, 6) is 0.141. The Hall–Kier alpha value is -3.16. The van der Waals surface area contributed by atoms with Gasteiger partial charge in [0.25, 0.3) is 0 Å². The maximum Gasteiger partial charge on any atom is 0.318 e. The highest BCUT2D eigenvalue weighted by molar-refractivity contribution is 7.10. The molecule has 7 heteroatoms. The molecule has 2 aliphatic heterocycles. The van der Waals surface area contributed by atoms with Crippen LogP contribution in [0.2, 0.25) is 0 Å². The maximum absolute atomic E-state index is 13.4. The van der Waals surface area contributed by atoms with Crippen molar-refractivity contribution in [3.8, 4) is 0 Å². The number of nitrogens with one attached hydrogen (secondary N) is 1. The Balaban J connectivity index is 1.21. The fourth-order valence-corrected chi connectivity index (χ4v) is 6.22. The molecule has 3 amide bonds. The molecule has 0 spiro atoms. The quantitative estimate of drug-likeness (QED) is 0.561. The third-order valence-corrected chi connectivity index (χ3v) is 8.32. The number of fused-ring (bicyclic) bond motifs is 1. The van der Waals surface area contributed by atoms with Gasteiger partial charge in [-0.05, 0) is 48.4 Å². The van der Waals surface area contributed by atoms with E-state index in [1.165, 1.54) is 21.6 Å². The van der Waals surface area contributed by atoms with Gasteiger partial charge in [-0.15, -0.1) is 11.3 Å². The van der Waals surface area contributed by atoms with E-state index < -0.39 is 0 Å². The minimum atomic E-state index is -0.0705. The smallest absolute Gasteiger partial charge is 0.318 e. The van der Waals surface area contributed by atoms with E-state index in [-0.39, 0.29) is 24.0 Å². The Morgan fingerprint density at radius 3 is 2.53 bits per heavy atom. The maximum atomic E-state index is 13.4. The Kier molecular flexibility index (Phi) is 7.39. The van der Waals surface area contributed by atoms with Crippen LogP contribution in [0.1, 0.15) is 40.1 Å². The highest BCUT2D eigenvalue weighted by Gasteiger charge is 2.34. The van der Waals surface area contributed by atoms with Crippen LogP contribution in [0, 0.1) is 6.92 Å². The van der Waals surface area contributed by atoms with Crippen LogP contribution in [0.3, 0.4) is 0 Å². The minimum Gasteiger partial charge on any atom is -0.338 e. The van der Waals surface area contributed by atoms with Gasteiger partial charge in [-0.1, -0.05) is 60.2 Å². The molecule has 1 fully saturated rings. The van der Waals surface area contributed by atoms with E-state index in [9.17, 15) is 9.59 Å². The zero-order chi connectivity index (χ0) is 25.1. The first kappa shape index (κ1) is 24.5. The summed E-state index contributed by atoms with van der Waals surface area (Å²) in [5, 5.41) is 5.19. The molecule has 0 unspecified atom stereocenters. The van der Waals surface area contributed by atoms with Gasteiger partial charge in [0.05, 0.1) is 12.6 Å². The largest absolute Gasteiger partial charge is 0.338 e. The first-order chi connectivity index (χ1) is 17.5. The second-order valence-electron chi connectivity index (χ2n) is 9.86. The molecule has 1 saturated heterocycles. The number of rotatable bonds is 5. The zero-order valence-corrected chi connectivity index (χ0v) is 21.8. The second kappa shape index (κ2) is 10.8. The predicted octanol–water partition coefficient (Wildman–Crippen LogP) is 4.45. The van der Waals surface area contributed by atoms with Gasteiger partial charge in [0.2, 0.25) is 5.91 Å². The van der Waals surface area contributed by atoms with Gasteiger partial charge in [0.15, 0.2) is 0 Å². The third kappa shape index (κ3) is 5.32. The lowest BCUT2D eigenvalue weighted by atomic mass is 9.92. The summed E-state index contributed by atoms with van der Waals surface area (Å²) >= 11 is 1.82. The van der Waals surface area contributed by atoms with Crippen LogP contribution in [0.5, 0.6) is 0 Å². The molecule has 188 valence electrons. The predicted molar refractivity (Wildman–Crippen MR) is 144 cm³/mol. The molecule has 0 radical (unpaired) electrons. The van der Waals surface area contributed by atoms with Crippen molar-refractivity contribution >= 4 is 23.3 Å². The monoisotopic (exact) mass is 502 g/mol. The summed E-state index contributed by atoms with van der Waals surface area (Å²) in [5.41, 5.74) is 4.88. The van der Waals surface area contributed by atoms with Gasteiger partial charge in [-0.2, -0.15) is 0 Å². The molecular formula is C29H34N4O2S. The normalized spacial score (nSPS) is 20.2. The number of urea groups is 1. The van der Waals surface area contributed by atoms with E-state index in [1.54, 1.807) is 0 Å². The molecule has 2 aliphatic rings. The van der Waals surface area contributed by atoms with Crippen molar-refractivity contribution in [1.82, 2.24) is 20.0 Å². The molecule has 6 nitrogen and oxygen atoms in total. The van der Waals surface area contributed by atoms with E-state index >= 15 is 0 Å². The molecule has 0 saturated carbocycles.